The molecule has 0 spiro atoms. The second-order valence-electron chi connectivity index (χ2n) is 12.0. The van der Waals surface area contributed by atoms with E-state index in [1.165, 1.54) is 0 Å². The van der Waals surface area contributed by atoms with Crippen LogP contribution >= 0.6 is 0 Å². The van der Waals surface area contributed by atoms with Gasteiger partial charge in [-0.3, -0.25) is 9.59 Å². The molecule has 246 valence electrons. The van der Waals surface area contributed by atoms with Gasteiger partial charge in [-0.25, -0.2) is 4.79 Å². The van der Waals surface area contributed by atoms with Crippen molar-refractivity contribution in [1.82, 2.24) is 9.80 Å². The van der Waals surface area contributed by atoms with E-state index >= 15 is 0 Å². The maximum Gasteiger partial charge on any atom is 0.321 e. The van der Waals surface area contributed by atoms with Gasteiger partial charge in [0, 0.05) is 49.6 Å². The van der Waals surface area contributed by atoms with Gasteiger partial charge < -0.3 is 35.0 Å². The van der Waals surface area contributed by atoms with Crippen LogP contribution in [0.2, 0.25) is 0 Å². The molecule has 1 aliphatic rings. The van der Waals surface area contributed by atoms with Gasteiger partial charge in [0.05, 0.1) is 30.4 Å². The fraction of sp³-hybridized carbons (Fsp3) is 0.417. The number of aliphatic hydroxyl groups excluding tert-OH is 1. The van der Waals surface area contributed by atoms with Gasteiger partial charge in [-0.1, -0.05) is 43.3 Å². The third-order valence-electron chi connectivity index (χ3n) is 8.17. The summed E-state index contributed by atoms with van der Waals surface area (Å²) < 4.78 is 12.6. The van der Waals surface area contributed by atoms with Gasteiger partial charge >= 0.3 is 6.03 Å². The fourth-order valence-corrected chi connectivity index (χ4v) is 5.35. The van der Waals surface area contributed by atoms with Crippen LogP contribution in [0.3, 0.4) is 0 Å². The molecule has 1 heterocycles. The number of para-hydroxylation sites is 1. The third kappa shape index (κ3) is 9.55. The van der Waals surface area contributed by atoms with Gasteiger partial charge in [0.2, 0.25) is 0 Å². The molecule has 4 amide bonds. The Morgan fingerprint density at radius 2 is 1.67 bits per heavy atom. The van der Waals surface area contributed by atoms with Gasteiger partial charge in [-0.15, -0.1) is 0 Å². The van der Waals surface area contributed by atoms with Crippen LogP contribution in [-0.2, 0) is 4.74 Å². The summed E-state index contributed by atoms with van der Waals surface area (Å²) in [6, 6.07) is 22.4. The molecule has 4 rings (SSSR count). The summed E-state index contributed by atoms with van der Waals surface area (Å²) in [6.07, 6.45) is 1.86. The summed E-state index contributed by atoms with van der Waals surface area (Å²) in [5.41, 5.74) is 1.94. The Morgan fingerprint density at radius 1 is 0.978 bits per heavy atom. The van der Waals surface area contributed by atoms with Crippen molar-refractivity contribution in [3.63, 3.8) is 0 Å². The molecule has 3 N–H and O–H groups in total. The Bertz CT molecular complexity index is 1440. The number of nitrogens with one attached hydrogen (secondary N) is 2. The maximum atomic E-state index is 14.3. The van der Waals surface area contributed by atoms with Gasteiger partial charge in [0.25, 0.3) is 11.8 Å². The molecule has 10 nitrogen and oxygen atoms in total. The number of carbonyl (C=O) groups excluding carboxylic acids is 3. The zero-order valence-corrected chi connectivity index (χ0v) is 27.1. The van der Waals surface area contributed by atoms with E-state index in [1.807, 2.05) is 50.2 Å². The van der Waals surface area contributed by atoms with Crippen LogP contribution < -0.4 is 15.4 Å². The first-order valence-corrected chi connectivity index (χ1v) is 15.9. The van der Waals surface area contributed by atoms with E-state index in [2.05, 4.69) is 10.6 Å². The van der Waals surface area contributed by atoms with E-state index in [4.69, 9.17) is 9.47 Å². The molecule has 1 aliphatic heterocycles. The van der Waals surface area contributed by atoms with Crippen molar-refractivity contribution in [2.24, 2.45) is 5.92 Å². The molecule has 0 saturated heterocycles. The van der Waals surface area contributed by atoms with Crippen molar-refractivity contribution in [2.75, 3.05) is 44.0 Å². The number of hydrogen-bond donors (Lipinski definition) is 3. The highest BCUT2D eigenvalue weighted by atomic mass is 16.5. The van der Waals surface area contributed by atoms with Gasteiger partial charge in [0.1, 0.15) is 5.75 Å². The normalized spacial score (nSPS) is 20.0. The zero-order chi connectivity index (χ0) is 33.1. The smallest absolute Gasteiger partial charge is 0.321 e. The molecule has 3 aromatic rings. The minimum Gasteiger partial charge on any atom is -0.490 e. The predicted molar refractivity (Wildman–Crippen MR) is 179 cm³/mol. The Morgan fingerprint density at radius 3 is 2.37 bits per heavy atom. The Balaban J connectivity index is 1.60. The van der Waals surface area contributed by atoms with Crippen molar-refractivity contribution >= 4 is 29.2 Å². The van der Waals surface area contributed by atoms with E-state index < -0.39 is 6.04 Å². The van der Waals surface area contributed by atoms with Crippen molar-refractivity contribution in [3.05, 3.63) is 90.0 Å². The van der Waals surface area contributed by atoms with Crippen LogP contribution in [0, 0.1) is 5.92 Å². The van der Waals surface area contributed by atoms with Crippen LogP contribution in [-0.4, -0.2) is 84.4 Å². The van der Waals surface area contributed by atoms with Crippen molar-refractivity contribution < 1.29 is 29.0 Å². The molecule has 0 unspecified atom stereocenters. The van der Waals surface area contributed by atoms with Crippen molar-refractivity contribution in [3.8, 4) is 5.75 Å². The lowest BCUT2D eigenvalue weighted by molar-refractivity contribution is -0.0115. The van der Waals surface area contributed by atoms with Crippen LogP contribution in [0.15, 0.2) is 78.9 Å². The van der Waals surface area contributed by atoms with Gasteiger partial charge in [0.15, 0.2) is 0 Å². The number of ether oxygens (including phenoxy) is 2. The third-order valence-corrected chi connectivity index (χ3v) is 8.17. The Kier molecular flexibility index (Phi) is 12.6. The van der Waals surface area contributed by atoms with Crippen LogP contribution in [0.5, 0.6) is 5.75 Å². The molecule has 3 aromatic carbocycles. The number of urea groups is 1. The van der Waals surface area contributed by atoms with Gasteiger partial charge in [-0.05, 0) is 75.6 Å². The maximum absolute atomic E-state index is 14.3. The first-order chi connectivity index (χ1) is 22.2. The number of fused-ring (bicyclic) bond motifs is 1. The number of amides is 4. The molecule has 0 bridgehead atoms. The number of carbonyl (C=O) groups is 3. The minimum atomic E-state index is -0.518. The van der Waals surface area contributed by atoms with E-state index in [0.29, 0.717) is 41.4 Å². The topological polar surface area (TPSA) is 120 Å². The number of rotatable bonds is 7. The van der Waals surface area contributed by atoms with Crippen molar-refractivity contribution in [2.45, 2.75) is 58.3 Å². The second-order valence-corrected chi connectivity index (χ2v) is 12.0. The SMILES string of the molecule is C[C@@H]1CCCCO[C@H](CN(C)C(=O)Nc2ccccc2)[C@@H](C)CN([C@H](C)CO)C(=O)c2cc(NC(=O)c3ccccc3)ccc2O1. The summed E-state index contributed by atoms with van der Waals surface area (Å²) >= 11 is 0. The Labute approximate surface area is 271 Å². The molecule has 0 aliphatic carbocycles. The average molecular weight is 631 g/mol. The standard InChI is InChI=1S/C36H46N4O6/c1-25-22-40(26(2)24-41)35(43)31-21-30(37-34(42)28-14-7-5-8-15-28)18-19-32(31)46-27(3)13-11-12-20-45-33(25)23-39(4)36(44)38-29-16-9-6-10-17-29/h5-10,14-19,21,25-27,33,41H,11-13,20,22-24H2,1-4H3,(H,37,42)(H,38,44)/t25-,26+,27+,33+/m0/s1. The molecule has 4 atom stereocenters. The average Bonchev–Trinajstić information content (AvgIpc) is 3.06. The summed E-state index contributed by atoms with van der Waals surface area (Å²) in [7, 11) is 1.72. The van der Waals surface area contributed by atoms with E-state index in [1.54, 1.807) is 66.2 Å². The number of hydrogen-bond acceptors (Lipinski definition) is 6. The number of anilines is 2. The number of nitrogens with zero attached hydrogens (tertiary/aromatic N) is 2. The first kappa shape index (κ1) is 34.5. The van der Waals surface area contributed by atoms with E-state index in [-0.39, 0.29) is 49.1 Å². The van der Waals surface area contributed by atoms with Crippen LogP contribution in [0.4, 0.5) is 16.2 Å². The fourth-order valence-electron chi connectivity index (χ4n) is 5.35. The molecule has 10 heteroatoms. The summed E-state index contributed by atoms with van der Waals surface area (Å²) in [4.78, 5) is 43.4. The Hall–Kier alpha value is -4.41. The molecular weight excluding hydrogens is 584 g/mol. The summed E-state index contributed by atoms with van der Waals surface area (Å²) in [5, 5.41) is 16.0. The molecule has 0 radical (unpaired) electrons. The highest BCUT2D eigenvalue weighted by molar-refractivity contribution is 6.05. The molecular formula is C36H46N4O6. The number of aliphatic hydroxyl groups is 1. The second kappa shape index (κ2) is 16.8. The van der Waals surface area contributed by atoms with Crippen molar-refractivity contribution in [1.29, 1.82) is 0 Å². The number of likely N-dealkylation sites (N-methyl/N-ethyl adjacent to an activating group) is 1. The lowest BCUT2D eigenvalue weighted by Gasteiger charge is -2.35. The molecule has 0 fully saturated rings. The molecule has 0 aromatic heterocycles. The van der Waals surface area contributed by atoms with E-state index in [0.717, 1.165) is 19.3 Å². The highest BCUT2D eigenvalue weighted by Crippen LogP contribution is 2.29. The minimum absolute atomic E-state index is 0.175. The highest BCUT2D eigenvalue weighted by Gasteiger charge is 2.31. The van der Waals surface area contributed by atoms with E-state index in [9.17, 15) is 19.5 Å². The largest absolute Gasteiger partial charge is 0.490 e. The molecule has 46 heavy (non-hydrogen) atoms. The van der Waals surface area contributed by atoms with Crippen LogP contribution in [0.1, 0.15) is 60.7 Å². The quantitative estimate of drug-likeness (QED) is 0.299. The zero-order valence-electron chi connectivity index (χ0n) is 27.1. The van der Waals surface area contributed by atoms with Gasteiger partial charge in [-0.2, -0.15) is 0 Å². The van der Waals surface area contributed by atoms with Crippen LogP contribution in [0.25, 0.3) is 0 Å². The summed E-state index contributed by atoms with van der Waals surface area (Å²) in [6.45, 7) is 6.55. The molecule has 0 saturated carbocycles. The monoisotopic (exact) mass is 630 g/mol. The first-order valence-electron chi connectivity index (χ1n) is 15.9. The predicted octanol–water partition coefficient (Wildman–Crippen LogP) is 5.90. The number of benzene rings is 3. The lowest BCUT2D eigenvalue weighted by Crippen LogP contribution is -2.48. The summed E-state index contributed by atoms with van der Waals surface area (Å²) in [5.74, 6) is -0.410. The lowest BCUT2D eigenvalue weighted by atomic mass is 10.0.